The number of rotatable bonds is 9. The van der Waals surface area contributed by atoms with E-state index in [9.17, 15) is 4.79 Å². The molecule has 0 heterocycles. The van der Waals surface area contributed by atoms with Gasteiger partial charge in [0.1, 0.15) is 0 Å². The quantitative estimate of drug-likeness (QED) is 0.610. The molecule has 17 heavy (non-hydrogen) atoms. The first-order chi connectivity index (χ1) is 7.94. The molecule has 1 amide bonds. The summed E-state index contributed by atoms with van der Waals surface area (Å²) in [5, 5.41) is 6.27. The highest BCUT2D eigenvalue weighted by atomic mass is 16.2. The Morgan fingerprint density at radius 1 is 1.18 bits per heavy atom. The number of hydrogen-bond acceptors (Lipinski definition) is 2. The molecule has 0 aromatic heterocycles. The van der Waals surface area contributed by atoms with Gasteiger partial charge in [-0.3, -0.25) is 4.79 Å². The van der Waals surface area contributed by atoms with Crippen LogP contribution in [0.3, 0.4) is 0 Å². The fourth-order valence-corrected chi connectivity index (χ4v) is 1.88. The van der Waals surface area contributed by atoms with Gasteiger partial charge in [-0.25, -0.2) is 0 Å². The van der Waals surface area contributed by atoms with E-state index in [-0.39, 0.29) is 11.9 Å². The molecule has 1 unspecified atom stereocenters. The summed E-state index contributed by atoms with van der Waals surface area (Å²) in [4.78, 5) is 12.0. The molecule has 0 saturated carbocycles. The van der Waals surface area contributed by atoms with Crippen molar-refractivity contribution >= 4 is 5.91 Å². The van der Waals surface area contributed by atoms with Crippen molar-refractivity contribution in [3.05, 3.63) is 0 Å². The maximum absolute atomic E-state index is 12.0. The Kier molecular flexibility index (Phi) is 8.23. The number of carbonyl (C=O) groups excluding carboxylic acids is 1. The molecule has 0 fully saturated rings. The van der Waals surface area contributed by atoms with Crippen LogP contribution in [0.1, 0.15) is 66.7 Å². The van der Waals surface area contributed by atoms with E-state index in [2.05, 4.69) is 24.5 Å². The van der Waals surface area contributed by atoms with Crippen molar-refractivity contribution in [2.45, 2.75) is 78.3 Å². The van der Waals surface area contributed by atoms with Crippen LogP contribution in [-0.2, 0) is 4.79 Å². The molecule has 0 saturated heterocycles. The fourth-order valence-electron chi connectivity index (χ4n) is 1.88. The van der Waals surface area contributed by atoms with Gasteiger partial charge in [0.05, 0.1) is 5.54 Å². The molecule has 0 aliphatic heterocycles. The van der Waals surface area contributed by atoms with Crippen molar-refractivity contribution in [2.75, 3.05) is 6.54 Å². The first-order valence-corrected chi connectivity index (χ1v) is 7.00. The molecule has 0 aromatic carbocycles. The molecule has 0 aromatic rings. The second-order valence-corrected chi connectivity index (χ2v) is 5.38. The van der Waals surface area contributed by atoms with Gasteiger partial charge in [0.25, 0.3) is 0 Å². The molecule has 0 bridgehead atoms. The molecule has 3 nitrogen and oxygen atoms in total. The van der Waals surface area contributed by atoms with E-state index in [1.807, 2.05) is 20.8 Å². The molecule has 3 heteroatoms. The summed E-state index contributed by atoms with van der Waals surface area (Å²) in [5.41, 5.74) is -0.466. The summed E-state index contributed by atoms with van der Waals surface area (Å²) >= 11 is 0. The standard InChI is InChI=1S/C14H30N2O/c1-6-8-9-10-11-12(3)16-13(17)14(4,5)15-7-2/h12,15H,6-11H2,1-5H3,(H,16,17). The summed E-state index contributed by atoms with van der Waals surface area (Å²) < 4.78 is 0. The second kappa shape index (κ2) is 8.51. The van der Waals surface area contributed by atoms with Gasteiger partial charge in [0.2, 0.25) is 5.91 Å². The summed E-state index contributed by atoms with van der Waals surface area (Å²) in [7, 11) is 0. The van der Waals surface area contributed by atoms with Crippen LogP contribution in [0.25, 0.3) is 0 Å². The zero-order valence-corrected chi connectivity index (χ0v) is 12.2. The summed E-state index contributed by atoms with van der Waals surface area (Å²) in [6.45, 7) is 11.0. The minimum atomic E-state index is -0.466. The van der Waals surface area contributed by atoms with E-state index < -0.39 is 5.54 Å². The highest BCUT2D eigenvalue weighted by Crippen LogP contribution is 2.07. The average Bonchev–Trinajstić information content (AvgIpc) is 2.24. The normalized spacial score (nSPS) is 13.5. The minimum Gasteiger partial charge on any atom is -0.352 e. The third kappa shape index (κ3) is 7.37. The molecule has 2 N–H and O–H groups in total. The lowest BCUT2D eigenvalue weighted by molar-refractivity contribution is -0.127. The number of likely N-dealkylation sites (N-methyl/N-ethyl adjacent to an activating group) is 1. The van der Waals surface area contributed by atoms with Crippen molar-refractivity contribution in [1.29, 1.82) is 0 Å². The smallest absolute Gasteiger partial charge is 0.239 e. The molecule has 0 aliphatic carbocycles. The molecular formula is C14H30N2O. The lowest BCUT2D eigenvalue weighted by Crippen LogP contribution is -2.54. The van der Waals surface area contributed by atoms with Crippen LogP contribution in [0, 0.1) is 0 Å². The van der Waals surface area contributed by atoms with Crippen LogP contribution in [-0.4, -0.2) is 24.0 Å². The predicted molar refractivity (Wildman–Crippen MR) is 74.1 cm³/mol. The Hall–Kier alpha value is -0.570. The minimum absolute atomic E-state index is 0.0994. The number of carbonyl (C=O) groups is 1. The Bertz CT molecular complexity index is 214. The maximum Gasteiger partial charge on any atom is 0.239 e. The van der Waals surface area contributed by atoms with Crippen molar-refractivity contribution in [1.82, 2.24) is 10.6 Å². The first kappa shape index (κ1) is 16.4. The monoisotopic (exact) mass is 242 g/mol. The van der Waals surface area contributed by atoms with Gasteiger partial charge in [-0.2, -0.15) is 0 Å². The SMILES string of the molecule is CCCCCCC(C)NC(=O)C(C)(C)NCC. The van der Waals surface area contributed by atoms with Gasteiger partial charge in [-0.05, 0) is 33.7 Å². The Morgan fingerprint density at radius 3 is 2.35 bits per heavy atom. The maximum atomic E-state index is 12.0. The molecule has 1 atom stereocenters. The fraction of sp³-hybridized carbons (Fsp3) is 0.929. The van der Waals surface area contributed by atoms with E-state index in [0.717, 1.165) is 13.0 Å². The van der Waals surface area contributed by atoms with Crippen LogP contribution in [0.4, 0.5) is 0 Å². The van der Waals surface area contributed by atoms with Crippen LogP contribution < -0.4 is 10.6 Å². The molecule has 102 valence electrons. The Labute approximate surface area is 107 Å². The lowest BCUT2D eigenvalue weighted by Gasteiger charge is -2.26. The topological polar surface area (TPSA) is 41.1 Å². The summed E-state index contributed by atoms with van der Waals surface area (Å²) in [6, 6.07) is 0.275. The van der Waals surface area contributed by atoms with E-state index in [0.29, 0.717) is 0 Å². The Morgan fingerprint density at radius 2 is 1.82 bits per heavy atom. The molecule has 0 aliphatic rings. The predicted octanol–water partition coefficient (Wildman–Crippen LogP) is 2.85. The van der Waals surface area contributed by atoms with Crippen molar-refractivity contribution in [2.24, 2.45) is 0 Å². The van der Waals surface area contributed by atoms with Gasteiger partial charge < -0.3 is 10.6 Å². The van der Waals surface area contributed by atoms with Crippen LogP contribution in [0.15, 0.2) is 0 Å². The Balaban J connectivity index is 3.86. The second-order valence-electron chi connectivity index (χ2n) is 5.38. The third-order valence-corrected chi connectivity index (χ3v) is 3.05. The highest BCUT2D eigenvalue weighted by molar-refractivity contribution is 5.85. The van der Waals surface area contributed by atoms with E-state index in [1.54, 1.807) is 0 Å². The van der Waals surface area contributed by atoms with Crippen molar-refractivity contribution in [3.8, 4) is 0 Å². The zero-order chi connectivity index (χ0) is 13.3. The van der Waals surface area contributed by atoms with Crippen LogP contribution in [0.5, 0.6) is 0 Å². The van der Waals surface area contributed by atoms with Gasteiger partial charge in [0.15, 0.2) is 0 Å². The molecule has 0 rings (SSSR count). The van der Waals surface area contributed by atoms with Crippen LogP contribution in [0.2, 0.25) is 0 Å². The van der Waals surface area contributed by atoms with Gasteiger partial charge >= 0.3 is 0 Å². The number of hydrogen-bond donors (Lipinski definition) is 2. The first-order valence-electron chi connectivity index (χ1n) is 7.00. The van der Waals surface area contributed by atoms with E-state index >= 15 is 0 Å². The van der Waals surface area contributed by atoms with E-state index in [4.69, 9.17) is 0 Å². The molecule has 0 radical (unpaired) electrons. The van der Waals surface area contributed by atoms with Crippen LogP contribution >= 0.6 is 0 Å². The number of amides is 1. The van der Waals surface area contributed by atoms with E-state index in [1.165, 1.54) is 25.7 Å². The summed E-state index contributed by atoms with van der Waals surface area (Å²) in [5.74, 6) is 0.0994. The molecular weight excluding hydrogens is 212 g/mol. The highest BCUT2D eigenvalue weighted by Gasteiger charge is 2.26. The van der Waals surface area contributed by atoms with Gasteiger partial charge in [0, 0.05) is 6.04 Å². The lowest BCUT2D eigenvalue weighted by atomic mass is 10.0. The number of nitrogens with one attached hydrogen (secondary N) is 2. The van der Waals surface area contributed by atoms with Gasteiger partial charge in [-0.15, -0.1) is 0 Å². The van der Waals surface area contributed by atoms with Crippen molar-refractivity contribution < 1.29 is 4.79 Å². The average molecular weight is 242 g/mol. The van der Waals surface area contributed by atoms with Gasteiger partial charge in [-0.1, -0.05) is 39.5 Å². The molecule has 0 spiro atoms. The summed E-state index contributed by atoms with van der Waals surface area (Å²) in [6.07, 6.45) is 6.11. The third-order valence-electron chi connectivity index (χ3n) is 3.05. The van der Waals surface area contributed by atoms with Crippen molar-refractivity contribution in [3.63, 3.8) is 0 Å². The number of unbranched alkanes of at least 4 members (excludes halogenated alkanes) is 3. The zero-order valence-electron chi connectivity index (χ0n) is 12.2. The largest absolute Gasteiger partial charge is 0.352 e.